The Hall–Kier alpha value is -2.41. The second-order valence-electron chi connectivity index (χ2n) is 9.55. The largest absolute Gasteiger partial charge is 0.356 e. The highest BCUT2D eigenvalue weighted by Gasteiger charge is 2.35. The predicted octanol–water partition coefficient (Wildman–Crippen LogP) is 4.50. The van der Waals surface area contributed by atoms with Crippen LogP contribution < -0.4 is 5.32 Å². The third-order valence-electron chi connectivity index (χ3n) is 7.21. The van der Waals surface area contributed by atoms with Gasteiger partial charge in [-0.2, -0.15) is 8.42 Å². The molecule has 0 spiro atoms. The first-order valence-electron chi connectivity index (χ1n) is 12.1. The van der Waals surface area contributed by atoms with Crippen LogP contribution in [0.3, 0.4) is 0 Å². The van der Waals surface area contributed by atoms with Crippen LogP contribution in [0, 0.1) is 19.8 Å². The van der Waals surface area contributed by atoms with Gasteiger partial charge in [0.1, 0.15) is 10.7 Å². The molecular weight excluding hydrogens is 434 g/mol. The number of sulfonamides is 1. The van der Waals surface area contributed by atoms with E-state index in [1.807, 2.05) is 43.9 Å². The van der Waals surface area contributed by atoms with E-state index in [1.54, 1.807) is 0 Å². The SMILES string of the molecule is CC1=C(c2ccc(C)c(C)c2)S(=O)(=O)N=C1N1CCC(C(=O)NCCC2=CCCCC2)CC1. The Morgan fingerprint density at radius 3 is 2.55 bits per heavy atom. The lowest BCUT2D eigenvalue weighted by atomic mass is 9.94. The maximum Gasteiger partial charge on any atom is 0.285 e. The van der Waals surface area contributed by atoms with E-state index in [-0.39, 0.29) is 11.8 Å². The molecule has 2 aliphatic heterocycles. The zero-order valence-corrected chi connectivity index (χ0v) is 20.8. The number of carbonyl (C=O) groups excluding carboxylic acids is 1. The number of allylic oxidation sites excluding steroid dienone is 1. The summed E-state index contributed by atoms with van der Waals surface area (Å²) in [5, 5.41) is 3.11. The van der Waals surface area contributed by atoms with Gasteiger partial charge in [-0.15, -0.1) is 4.40 Å². The number of rotatable bonds is 5. The van der Waals surface area contributed by atoms with Crippen molar-refractivity contribution >= 4 is 26.7 Å². The van der Waals surface area contributed by atoms with Crippen LogP contribution in [-0.4, -0.2) is 44.7 Å². The molecule has 1 saturated heterocycles. The van der Waals surface area contributed by atoms with E-state index < -0.39 is 10.0 Å². The van der Waals surface area contributed by atoms with Crippen LogP contribution >= 0.6 is 0 Å². The topological polar surface area (TPSA) is 78.8 Å². The predicted molar refractivity (Wildman–Crippen MR) is 133 cm³/mol. The first kappa shape index (κ1) is 23.7. The number of amidine groups is 1. The average molecular weight is 470 g/mol. The molecule has 0 aromatic heterocycles. The van der Waals surface area contributed by atoms with Gasteiger partial charge in [0, 0.05) is 31.1 Å². The van der Waals surface area contributed by atoms with Crippen LogP contribution in [0.1, 0.15) is 68.6 Å². The van der Waals surface area contributed by atoms with Crippen molar-refractivity contribution in [1.82, 2.24) is 10.2 Å². The number of carbonyl (C=O) groups is 1. The minimum atomic E-state index is -3.73. The van der Waals surface area contributed by atoms with Gasteiger partial charge in [0.2, 0.25) is 5.91 Å². The van der Waals surface area contributed by atoms with Crippen molar-refractivity contribution in [1.29, 1.82) is 0 Å². The van der Waals surface area contributed by atoms with Gasteiger partial charge in [-0.25, -0.2) is 0 Å². The average Bonchev–Trinajstić information content (AvgIpc) is 3.05. The zero-order valence-electron chi connectivity index (χ0n) is 20.0. The number of nitrogens with zero attached hydrogens (tertiary/aromatic N) is 2. The van der Waals surface area contributed by atoms with Crippen LogP contribution in [-0.2, 0) is 14.8 Å². The number of aryl methyl sites for hydroxylation is 2. The quantitative estimate of drug-likeness (QED) is 0.644. The molecule has 33 heavy (non-hydrogen) atoms. The number of likely N-dealkylation sites (tertiary alicyclic amines) is 1. The molecule has 3 aliphatic rings. The standard InChI is InChI=1S/C26H35N3O3S/c1-18-9-10-23(17-19(18)2)24-20(3)25(28-33(24,31)32)29-15-12-22(13-16-29)26(30)27-14-11-21-7-5-4-6-8-21/h7,9-10,17,22H,4-6,8,11-16H2,1-3H3,(H,27,30). The lowest BCUT2D eigenvalue weighted by Crippen LogP contribution is -2.43. The smallest absolute Gasteiger partial charge is 0.285 e. The van der Waals surface area contributed by atoms with E-state index >= 15 is 0 Å². The molecule has 1 amide bonds. The van der Waals surface area contributed by atoms with Crippen molar-refractivity contribution in [2.75, 3.05) is 19.6 Å². The monoisotopic (exact) mass is 469 g/mol. The summed E-state index contributed by atoms with van der Waals surface area (Å²) in [6, 6.07) is 5.73. The molecular formula is C26H35N3O3S. The summed E-state index contributed by atoms with van der Waals surface area (Å²) in [7, 11) is -3.73. The van der Waals surface area contributed by atoms with Gasteiger partial charge in [0.15, 0.2) is 0 Å². The third kappa shape index (κ3) is 5.24. The molecule has 0 saturated carbocycles. The Kier molecular flexibility index (Phi) is 7.07. The van der Waals surface area contributed by atoms with Gasteiger partial charge in [-0.1, -0.05) is 29.8 Å². The first-order valence-corrected chi connectivity index (χ1v) is 13.5. The van der Waals surface area contributed by atoms with Gasteiger partial charge in [0.25, 0.3) is 10.0 Å². The highest BCUT2D eigenvalue weighted by atomic mass is 32.2. The summed E-state index contributed by atoms with van der Waals surface area (Å²) >= 11 is 0. The summed E-state index contributed by atoms with van der Waals surface area (Å²) in [4.78, 5) is 15.0. The molecule has 2 heterocycles. The second kappa shape index (κ2) is 9.84. The van der Waals surface area contributed by atoms with Crippen LogP contribution in [0.4, 0.5) is 0 Å². The summed E-state index contributed by atoms with van der Waals surface area (Å²) in [6.07, 6.45) is 9.56. The Labute approximate surface area is 197 Å². The third-order valence-corrected chi connectivity index (χ3v) is 8.68. The Morgan fingerprint density at radius 2 is 1.88 bits per heavy atom. The van der Waals surface area contributed by atoms with Crippen LogP contribution in [0.15, 0.2) is 39.8 Å². The van der Waals surface area contributed by atoms with E-state index in [2.05, 4.69) is 15.8 Å². The summed E-state index contributed by atoms with van der Waals surface area (Å²) in [5.41, 5.74) is 5.05. The van der Waals surface area contributed by atoms with Crippen molar-refractivity contribution in [2.45, 2.75) is 65.7 Å². The summed E-state index contributed by atoms with van der Waals surface area (Å²) < 4.78 is 29.9. The van der Waals surface area contributed by atoms with E-state index in [0.717, 1.165) is 24.0 Å². The Balaban J connectivity index is 1.37. The molecule has 1 aromatic rings. The fourth-order valence-corrected chi connectivity index (χ4v) is 6.52. The van der Waals surface area contributed by atoms with E-state index in [1.165, 1.54) is 24.8 Å². The minimum Gasteiger partial charge on any atom is -0.356 e. The fourth-order valence-electron chi connectivity index (χ4n) is 5.04. The van der Waals surface area contributed by atoms with Crippen LogP contribution in [0.5, 0.6) is 0 Å². The van der Waals surface area contributed by atoms with Gasteiger partial charge < -0.3 is 10.2 Å². The molecule has 4 rings (SSSR count). The summed E-state index contributed by atoms with van der Waals surface area (Å²) in [6.45, 7) is 7.81. The van der Waals surface area contributed by atoms with Gasteiger partial charge in [0.05, 0.1) is 0 Å². The number of hydrogen-bond donors (Lipinski definition) is 1. The molecule has 0 bridgehead atoms. The molecule has 178 valence electrons. The molecule has 1 aromatic carbocycles. The van der Waals surface area contributed by atoms with Crippen molar-refractivity contribution in [2.24, 2.45) is 10.3 Å². The second-order valence-corrected chi connectivity index (χ2v) is 11.1. The number of nitrogens with one attached hydrogen (secondary N) is 1. The highest BCUT2D eigenvalue weighted by Crippen LogP contribution is 2.35. The molecule has 7 heteroatoms. The molecule has 6 nitrogen and oxygen atoms in total. The van der Waals surface area contributed by atoms with Crippen molar-refractivity contribution < 1.29 is 13.2 Å². The Morgan fingerprint density at radius 1 is 1.12 bits per heavy atom. The lowest BCUT2D eigenvalue weighted by molar-refractivity contribution is -0.126. The normalized spacial score (nSPS) is 21.1. The Bertz CT molecular complexity index is 1120. The van der Waals surface area contributed by atoms with Crippen LogP contribution in [0.25, 0.3) is 4.91 Å². The molecule has 0 atom stereocenters. The fraction of sp³-hybridized carbons (Fsp3) is 0.538. The van der Waals surface area contributed by atoms with Gasteiger partial charge >= 0.3 is 0 Å². The summed E-state index contributed by atoms with van der Waals surface area (Å²) in [5.74, 6) is 0.630. The number of hydrogen-bond acceptors (Lipinski definition) is 4. The van der Waals surface area contributed by atoms with Gasteiger partial charge in [-0.05, 0) is 82.4 Å². The number of piperidine rings is 1. The number of amides is 1. The first-order chi connectivity index (χ1) is 15.8. The van der Waals surface area contributed by atoms with E-state index in [9.17, 15) is 13.2 Å². The van der Waals surface area contributed by atoms with Gasteiger partial charge in [-0.3, -0.25) is 4.79 Å². The number of benzene rings is 1. The molecule has 1 N–H and O–H groups in total. The van der Waals surface area contributed by atoms with Crippen molar-refractivity contribution in [3.8, 4) is 0 Å². The molecule has 0 radical (unpaired) electrons. The maximum absolute atomic E-state index is 12.9. The van der Waals surface area contributed by atoms with Crippen molar-refractivity contribution in [3.63, 3.8) is 0 Å². The molecule has 1 aliphatic carbocycles. The molecule has 0 unspecified atom stereocenters. The minimum absolute atomic E-state index is 0.0244. The maximum atomic E-state index is 12.9. The van der Waals surface area contributed by atoms with E-state index in [4.69, 9.17) is 0 Å². The molecule has 1 fully saturated rings. The van der Waals surface area contributed by atoms with Crippen molar-refractivity contribution in [3.05, 3.63) is 52.1 Å². The lowest BCUT2D eigenvalue weighted by Gasteiger charge is -2.33. The van der Waals surface area contributed by atoms with Crippen LogP contribution in [0.2, 0.25) is 0 Å². The zero-order chi connectivity index (χ0) is 23.6. The van der Waals surface area contributed by atoms with E-state index in [0.29, 0.717) is 54.4 Å². The highest BCUT2D eigenvalue weighted by molar-refractivity contribution is 8.00.